The Hall–Kier alpha value is -3.52. The highest BCUT2D eigenvalue weighted by Gasteiger charge is 2.35. The van der Waals surface area contributed by atoms with E-state index in [1.165, 1.54) is 0 Å². The zero-order valence-electron chi connectivity index (χ0n) is 22.0. The molecule has 3 aromatic rings. The van der Waals surface area contributed by atoms with Crippen LogP contribution in [0.2, 0.25) is 0 Å². The van der Waals surface area contributed by atoms with Crippen molar-refractivity contribution in [2.45, 2.75) is 58.1 Å². The van der Waals surface area contributed by atoms with Crippen LogP contribution in [0, 0.1) is 0 Å². The van der Waals surface area contributed by atoms with Gasteiger partial charge in [0.25, 0.3) is 5.91 Å². The first-order valence-corrected chi connectivity index (χ1v) is 13.6. The third-order valence-electron chi connectivity index (χ3n) is 6.71. The lowest BCUT2D eigenvalue weighted by Crippen LogP contribution is -2.51. The number of carbonyl (C=O) groups excluding carboxylic acids is 2. The van der Waals surface area contributed by atoms with Crippen LogP contribution in [0.25, 0.3) is 10.4 Å². The van der Waals surface area contributed by atoms with Gasteiger partial charge in [0, 0.05) is 34.8 Å². The Morgan fingerprint density at radius 2 is 1.78 bits per heavy atom. The van der Waals surface area contributed by atoms with Crippen molar-refractivity contribution in [1.82, 2.24) is 4.90 Å². The number of nitrogens with one attached hydrogen (secondary N) is 2. The molecule has 0 saturated carbocycles. The molecule has 196 valence electrons. The topological polar surface area (TPSA) is 96.7 Å². The summed E-state index contributed by atoms with van der Waals surface area (Å²) in [6, 6.07) is 17.2. The van der Waals surface area contributed by atoms with Gasteiger partial charge in [-0.05, 0) is 93.4 Å². The number of rotatable bonds is 6. The molecule has 0 aliphatic carbocycles. The van der Waals surface area contributed by atoms with Gasteiger partial charge in [-0.3, -0.25) is 4.79 Å². The van der Waals surface area contributed by atoms with E-state index in [9.17, 15) is 9.59 Å². The maximum atomic E-state index is 12.9. The monoisotopic (exact) mass is 520 g/mol. The molecule has 1 saturated heterocycles. The minimum Gasteiger partial charge on any atom is -0.444 e. The van der Waals surface area contributed by atoms with Gasteiger partial charge >= 0.3 is 6.09 Å². The number of piperidine rings is 1. The Labute approximate surface area is 223 Å². The number of nitrogen functional groups attached to an aromatic ring is 1. The number of amides is 2. The summed E-state index contributed by atoms with van der Waals surface area (Å²) in [5.74, 6) is -0.211. The van der Waals surface area contributed by atoms with Crippen LogP contribution in [-0.2, 0) is 4.74 Å². The number of nitrogens with zero attached hydrogens (tertiary/aromatic N) is 1. The Morgan fingerprint density at radius 1 is 1.08 bits per heavy atom. The summed E-state index contributed by atoms with van der Waals surface area (Å²) in [5.41, 5.74) is 9.16. The van der Waals surface area contributed by atoms with Crippen LogP contribution in [0.4, 0.5) is 21.9 Å². The fourth-order valence-corrected chi connectivity index (χ4v) is 5.20. The molecule has 37 heavy (non-hydrogen) atoms. The molecule has 4 N–H and O–H groups in total. The number of nitrogens with two attached hydrogens (primary N) is 1. The van der Waals surface area contributed by atoms with Crippen LogP contribution >= 0.6 is 11.3 Å². The highest BCUT2D eigenvalue weighted by Crippen LogP contribution is 2.32. The van der Waals surface area contributed by atoms with Crippen molar-refractivity contribution < 1.29 is 14.3 Å². The number of likely N-dealkylation sites (tertiary alicyclic amines) is 1. The zero-order chi connectivity index (χ0) is 26.6. The number of ether oxygens (including phenoxy) is 1. The van der Waals surface area contributed by atoms with Crippen LogP contribution < -0.4 is 16.4 Å². The van der Waals surface area contributed by atoms with Gasteiger partial charge in [-0.25, -0.2) is 4.79 Å². The third-order valence-corrected chi connectivity index (χ3v) is 7.63. The van der Waals surface area contributed by atoms with Crippen LogP contribution in [0.5, 0.6) is 0 Å². The van der Waals surface area contributed by atoms with Crippen molar-refractivity contribution >= 4 is 40.4 Å². The van der Waals surface area contributed by atoms with Gasteiger partial charge in [0.2, 0.25) is 0 Å². The first-order valence-electron chi connectivity index (χ1n) is 12.7. The number of anilines is 3. The van der Waals surface area contributed by atoms with E-state index in [2.05, 4.69) is 17.6 Å². The van der Waals surface area contributed by atoms with Crippen molar-refractivity contribution in [2.75, 3.05) is 29.5 Å². The van der Waals surface area contributed by atoms with Crippen molar-refractivity contribution in [2.24, 2.45) is 0 Å². The molecule has 8 heteroatoms. The Balaban J connectivity index is 1.38. The third kappa shape index (κ3) is 6.63. The Morgan fingerprint density at radius 3 is 2.38 bits per heavy atom. The molecular weight excluding hydrogens is 484 g/mol. The number of hydrogen-bond acceptors (Lipinski definition) is 6. The number of carbonyl (C=O) groups is 2. The fraction of sp³-hybridized carbons (Fsp3) is 0.379. The fourth-order valence-electron chi connectivity index (χ4n) is 4.48. The highest BCUT2D eigenvalue weighted by atomic mass is 32.1. The molecule has 7 nitrogen and oxygen atoms in total. The molecule has 0 atom stereocenters. The molecule has 1 aliphatic heterocycles. The molecule has 0 radical (unpaired) electrons. The summed E-state index contributed by atoms with van der Waals surface area (Å²) in [7, 11) is 0. The van der Waals surface area contributed by atoms with Crippen LogP contribution in [0.3, 0.4) is 0 Å². The molecule has 2 amide bonds. The SMILES string of the molecule is CCC1(Nc2ccc(C(=O)Nc3cc(-c4cccs4)ccc3N)cc2)CCN(C(=O)OC(C)(C)C)CC1. The molecular formula is C29H36N4O3S. The number of benzene rings is 2. The molecule has 0 unspecified atom stereocenters. The lowest BCUT2D eigenvalue weighted by atomic mass is 9.84. The van der Waals surface area contributed by atoms with Crippen molar-refractivity contribution in [3.8, 4) is 10.4 Å². The number of thiophene rings is 1. The standard InChI is InChI=1S/C29H36N4O3S/c1-5-29(14-16-33(17-15-29)27(35)36-28(2,3)4)32-22-11-8-20(9-12-22)26(34)31-24-19-21(10-13-23(24)30)25-7-6-18-37-25/h6-13,18-19,32H,5,14-17,30H2,1-4H3,(H,31,34). The normalized spacial score (nSPS) is 15.2. The zero-order valence-corrected chi connectivity index (χ0v) is 22.8. The first kappa shape index (κ1) is 26.5. The molecule has 1 fully saturated rings. The van der Waals surface area contributed by atoms with E-state index in [4.69, 9.17) is 10.5 Å². The van der Waals surface area contributed by atoms with Gasteiger partial charge in [-0.2, -0.15) is 0 Å². The van der Waals surface area contributed by atoms with Crippen LogP contribution in [0.15, 0.2) is 60.0 Å². The van der Waals surface area contributed by atoms with Gasteiger partial charge in [-0.15, -0.1) is 11.3 Å². The van der Waals surface area contributed by atoms with E-state index in [1.54, 1.807) is 16.2 Å². The smallest absolute Gasteiger partial charge is 0.410 e. The molecule has 1 aromatic heterocycles. The predicted molar refractivity (Wildman–Crippen MR) is 152 cm³/mol. The van der Waals surface area contributed by atoms with E-state index in [1.807, 2.05) is 80.7 Å². The molecule has 0 spiro atoms. The lowest BCUT2D eigenvalue weighted by Gasteiger charge is -2.42. The lowest BCUT2D eigenvalue weighted by molar-refractivity contribution is 0.0176. The summed E-state index contributed by atoms with van der Waals surface area (Å²) < 4.78 is 5.53. The van der Waals surface area contributed by atoms with Gasteiger partial charge in [0.15, 0.2) is 0 Å². The summed E-state index contributed by atoms with van der Waals surface area (Å²) in [6.07, 6.45) is 2.32. The van der Waals surface area contributed by atoms with Crippen LogP contribution in [0.1, 0.15) is 57.3 Å². The maximum Gasteiger partial charge on any atom is 0.410 e. The Kier molecular flexibility index (Phi) is 7.78. The molecule has 0 bridgehead atoms. The molecule has 2 aromatic carbocycles. The van der Waals surface area contributed by atoms with Crippen LogP contribution in [-0.4, -0.2) is 41.1 Å². The summed E-state index contributed by atoms with van der Waals surface area (Å²) in [6.45, 7) is 9.09. The molecule has 2 heterocycles. The van der Waals surface area contributed by atoms with Gasteiger partial charge in [-0.1, -0.05) is 19.1 Å². The Bertz CT molecular complexity index is 1230. The quantitative estimate of drug-likeness (QED) is 0.309. The minimum atomic E-state index is -0.499. The average molecular weight is 521 g/mol. The summed E-state index contributed by atoms with van der Waals surface area (Å²) in [4.78, 5) is 28.3. The molecule has 1 aliphatic rings. The van der Waals surface area contributed by atoms with E-state index in [-0.39, 0.29) is 17.5 Å². The summed E-state index contributed by atoms with van der Waals surface area (Å²) >= 11 is 1.64. The minimum absolute atomic E-state index is 0.112. The second-order valence-corrected chi connectivity index (χ2v) is 11.5. The first-order chi connectivity index (χ1) is 17.6. The van der Waals surface area contributed by atoms with Crippen molar-refractivity contribution in [1.29, 1.82) is 0 Å². The maximum absolute atomic E-state index is 12.9. The van der Waals surface area contributed by atoms with Gasteiger partial charge < -0.3 is 26.0 Å². The second kappa shape index (κ2) is 10.8. The van der Waals surface area contributed by atoms with E-state index in [0.29, 0.717) is 30.0 Å². The molecule has 4 rings (SSSR count). The van der Waals surface area contributed by atoms with Crippen molar-refractivity contribution in [3.05, 3.63) is 65.5 Å². The van der Waals surface area contributed by atoms with E-state index in [0.717, 1.165) is 35.4 Å². The second-order valence-electron chi connectivity index (χ2n) is 10.5. The highest BCUT2D eigenvalue weighted by molar-refractivity contribution is 7.13. The number of hydrogen-bond donors (Lipinski definition) is 3. The van der Waals surface area contributed by atoms with Gasteiger partial charge in [0.1, 0.15) is 5.60 Å². The van der Waals surface area contributed by atoms with Crippen molar-refractivity contribution in [3.63, 3.8) is 0 Å². The van der Waals surface area contributed by atoms with E-state index < -0.39 is 5.60 Å². The summed E-state index contributed by atoms with van der Waals surface area (Å²) in [5, 5.41) is 8.64. The van der Waals surface area contributed by atoms with E-state index >= 15 is 0 Å². The van der Waals surface area contributed by atoms with Gasteiger partial charge in [0.05, 0.1) is 11.4 Å². The largest absolute Gasteiger partial charge is 0.444 e. The average Bonchev–Trinajstić information content (AvgIpc) is 3.40. The predicted octanol–water partition coefficient (Wildman–Crippen LogP) is 6.84.